The number of sulfonamides is 2. The summed E-state index contributed by atoms with van der Waals surface area (Å²) in [7, 11) is -4.08. The van der Waals surface area contributed by atoms with Gasteiger partial charge >= 0.3 is 0 Å². The molecule has 0 spiro atoms. The van der Waals surface area contributed by atoms with E-state index in [1.807, 2.05) is 6.92 Å². The van der Waals surface area contributed by atoms with Crippen molar-refractivity contribution >= 4 is 43.2 Å². The maximum Gasteiger partial charge on any atom is 0.255 e. The minimum Gasteiger partial charge on any atom is -0.383 e. The highest BCUT2D eigenvalue weighted by molar-refractivity contribution is 7.89. The summed E-state index contributed by atoms with van der Waals surface area (Å²) in [6.07, 6.45) is 3.31. The molecule has 0 unspecified atom stereocenters. The van der Waals surface area contributed by atoms with E-state index < -0.39 is 26.2 Å². The summed E-state index contributed by atoms with van der Waals surface area (Å²) in [5.74, 6) is -0.226. The lowest BCUT2D eigenvalue weighted by molar-refractivity contribution is -0.124. The fraction of sp³-hybridized carbons (Fsp3) is 0.379. The van der Waals surface area contributed by atoms with Crippen LogP contribution in [0.5, 0.6) is 0 Å². The Hall–Kier alpha value is -3.36. The molecule has 13 heteroatoms. The Morgan fingerprint density at radius 3 is 1.45 bits per heavy atom. The molecule has 2 aromatic carbocycles. The van der Waals surface area contributed by atoms with Crippen molar-refractivity contribution in [2.24, 2.45) is 5.92 Å². The van der Waals surface area contributed by atoms with Gasteiger partial charge in [-0.05, 0) is 55.0 Å². The summed E-state index contributed by atoms with van der Waals surface area (Å²) < 4.78 is 51.4. The molecule has 0 aliphatic carbocycles. The van der Waals surface area contributed by atoms with Gasteiger partial charge in [0.05, 0.1) is 9.79 Å². The summed E-state index contributed by atoms with van der Waals surface area (Å²) in [5, 5.41) is 9.44. The van der Waals surface area contributed by atoms with E-state index in [9.17, 15) is 31.5 Å². The maximum absolute atomic E-state index is 12.3. The van der Waals surface area contributed by atoms with Crippen molar-refractivity contribution in [3.05, 3.63) is 73.8 Å². The van der Waals surface area contributed by atoms with Crippen molar-refractivity contribution in [1.82, 2.24) is 8.61 Å². The minimum atomic E-state index is -3.56. The number of anilines is 2. The van der Waals surface area contributed by atoms with Crippen LogP contribution in [0.25, 0.3) is 0 Å². The molecule has 2 aromatic rings. The zero-order chi connectivity index (χ0) is 31.2. The standard InChI is InChI=1S/C15H20N2O3S.C14H18N2O4S/c1-4-10-16(3)21(19,20)14-7-5-13(6-8-14)17-11-9-12(2)15(17)18;1-3-9-15(2)21(19,20)12-6-4-11(5-7-12)16-10-8-13(17)14(16)18/h4-8,12H,1,9-11H2,2-3H3;3-7,13,17H,1,8-10H2,2H3/t12-;13-/m01/s1. The second-order valence-corrected chi connectivity index (χ2v) is 14.2. The second-order valence-electron chi connectivity index (χ2n) is 10.1. The first-order chi connectivity index (χ1) is 19.7. The molecule has 4 rings (SSSR count). The summed E-state index contributed by atoms with van der Waals surface area (Å²) in [5.41, 5.74) is 1.33. The Morgan fingerprint density at radius 2 is 1.14 bits per heavy atom. The summed E-state index contributed by atoms with van der Waals surface area (Å²) in [4.78, 5) is 27.2. The molecule has 2 heterocycles. The average Bonchev–Trinajstić information content (AvgIpc) is 3.49. The van der Waals surface area contributed by atoms with Gasteiger partial charge in [0.25, 0.3) is 5.91 Å². The molecule has 2 saturated heterocycles. The smallest absolute Gasteiger partial charge is 0.255 e. The highest BCUT2D eigenvalue weighted by Gasteiger charge is 2.31. The van der Waals surface area contributed by atoms with Crippen LogP contribution in [-0.4, -0.2) is 88.7 Å². The molecule has 42 heavy (non-hydrogen) atoms. The van der Waals surface area contributed by atoms with Gasteiger partial charge in [0.15, 0.2) is 0 Å². The molecule has 2 atom stereocenters. The molecular weight excluding hydrogens is 580 g/mol. The molecule has 2 fully saturated rings. The lowest BCUT2D eigenvalue weighted by Gasteiger charge is -2.18. The lowest BCUT2D eigenvalue weighted by Crippen LogP contribution is -2.29. The van der Waals surface area contributed by atoms with Crippen molar-refractivity contribution in [2.45, 2.75) is 35.7 Å². The van der Waals surface area contributed by atoms with Crippen LogP contribution in [0.4, 0.5) is 11.4 Å². The third-order valence-electron chi connectivity index (χ3n) is 7.14. The molecule has 228 valence electrons. The van der Waals surface area contributed by atoms with Crippen LogP contribution in [0, 0.1) is 5.92 Å². The van der Waals surface area contributed by atoms with Crippen molar-refractivity contribution in [1.29, 1.82) is 0 Å². The number of aliphatic hydroxyl groups excluding tert-OH is 1. The fourth-order valence-electron chi connectivity index (χ4n) is 4.52. The highest BCUT2D eigenvalue weighted by atomic mass is 32.2. The number of amides is 2. The largest absolute Gasteiger partial charge is 0.383 e. The van der Waals surface area contributed by atoms with Crippen molar-refractivity contribution in [3.8, 4) is 0 Å². The predicted molar refractivity (Wildman–Crippen MR) is 162 cm³/mol. The van der Waals surface area contributed by atoms with Crippen LogP contribution in [0.2, 0.25) is 0 Å². The summed E-state index contributed by atoms with van der Waals surface area (Å²) in [6.45, 7) is 10.6. The van der Waals surface area contributed by atoms with E-state index in [1.165, 1.54) is 51.9 Å². The highest BCUT2D eigenvalue weighted by Crippen LogP contribution is 2.27. The van der Waals surface area contributed by atoms with Crippen molar-refractivity contribution < 1.29 is 31.5 Å². The normalized spacial score (nSPS) is 19.3. The molecule has 2 aliphatic rings. The van der Waals surface area contributed by atoms with E-state index >= 15 is 0 Å². The third-order valence-corrected chi connectivity index (χ3v) is 10.8. The maximum atomic E-state index is 12.3. The number of likely N-dealkylation sites (N-methyl/N-ethyl adjacent to an activating group) is 2. The number of hydrogen-bond acceptors (Lipinski definition) is 7. The Balaban J connectivity index is 0.000000230. The predicted octanol–water partition coefficient (Wildman–Crippen LogP) is 2.46. The third kappa shape index (κ3) is 7.16. The van der Waals surface area contributed by atoms with Crippen molar-refractivity contribution in [3.63, 3.8) is 0 Å². The molecule has 2 aliphatic heterocycles. The van der Waals surface area contributed by atoms with Gasteiger partial charge in [-0.2, -0.15) is 8.61 Å². The molecule has 2 amide bonds. The van der Waals surface area contributed by atoms with Crippen LogP contribution >= 0.6 is 0 Å². The van der Waals surface area contributed by atoms with Gasteiger partial charge in [-0.1, -0.05) is 19.1 Å². The number of nitrogens with zero attached hydrogens (tertiary/aromatic N) is 4. The Bertz CT molecular complexity index is 1390. The van der Waals surface area contributed by atoms with Crippen LogP contribution in [0.3, 0.4) is 0 Å². The first-order valence-corrected chi connectivity index (χ1v) is 16.3. The number of benzene rings is 2. The van der Waals surface area contributed by atoms with Gasteiger partial charge in [0.2, 0.25) is 26.0 Å². The molecule has 0 bridgehead atoms. The molecule has 11 nitrogen and oxygen atoms in total. The van der Waals surface area contributed by atoms with Crippen LogP contribution < -0.4 is 9.80 Å². The van der Waals surface area contributed by atoms with Crippen LogP contribution in [0.15, 0.2) is 83.6 Å². The number of hydrogen-bond donors (Lipinski definition) is 1. The van der Waals surface area contributed by atoms with E-state index in [-0.39, 0.29) is 40.6 Å². The second kappa shape index (κ2) is 13.7. The quantitative estimate of drug-likeness (QED) is 0.404. The lowest BCUT2D eigenvalue weighted by atomic mass is 10.1. The fourth-order valence-corrected chi connectivity index (χ4v) is 6.80. The average molecular weight is 619 g/mol. The zero-order valence-corrected chi connectivity index (χ0v) is 25.7. The topological polar surface area (TPSA) is 136 Å². The molecule has 1 N–H and O–H groups in total. The first kappa shape index (κ1) is 33.1. The van der Waals surface area contributed by atoms with E-state index in [0.717, 1.165) is 12.1 Å². The van der Waals surface area contributed by atoms with E-state index in [2.05, 4.69) is 13.2 Å². The number of aliphatic hydroxyl groups is 1. The Morgan fingerprint density at radius 1 is 0.762 bits per heavy atom. The Kier molecular flexibility index (Phi) is 10.8. The van der Waals surface area contributed by atoms with Crippen LogP contribution in [-0.2, 0) is 29.6 Å². The molecule has 0 saturated carbocycles. The van der Waals surface area contributed by atoms with Gasteiger partial charge in [0, 0.05) is 64.0 Å². The SMILES string of the molecule is C=CCN(C)S(=O)(=O)c1ccc(N2CC[C@@H](O)C2=O)cc1.C=CCN(C)S(=O)(=O)c1ccc(N2CC[C@H](C)C2=O)cc1. The molecular formula is C29H38N4O7S2. The minimum absolute atomic E-state index is 0.0344. The summed E-state index contributed by atoms with van der Waals surface area (Å²) >= 11 is 0. The first-order valence-electron chi connectivity index (χ1n) is 13.4. The van der Waals surface area contributed by atoms with E-state index in [1.54, 1.807) is 41.3 Å². The number of rotatable bonds is 10. The van der Waals surface area contributed by atoms with Gasteiger partial charge in [-0.25, -0.2) is 16.8 Å². The Labute approximate surface area is 248 Å². The summed E-state index contributed by atoms with van der Waals surface area (Å²) in [6, 6.07) is 12.5. The number of carbonyl (C=O) groups is 2. The molecule has 0 aromatic heterocycles. The van der Waals surface area contributed by atoms with Gasteiger partial charge in [-0.15, -0.1) is 13.2 Å². The zero-order valence-electron chi connectivity index (χ0n) is 24.1. The van der Waals surface area contributed by atoms with E-state index in [0.29, 0.717) is 25.2 Å². The number of carbonyl (C=O) groups excluding carboxylic acids is 2. The monoisotopic (exact) mass is 618 g/mol. The molecule has 0 radical (unpaired) electrons. The van der Waals surface area contributed by atoms with Crippen LogP contribution in [0.1, 0.15) is 19.8 Å². The van der Waals surface area contributed by atoms with E-state index in [4.69, 9.17) is 0 Å². The van der Waals surface area contributed by atoms with Gasteiger partial charge in [-0.3, -0.25) is 9.59 Å². The van der Waals surface area contributed by atoms with Gasteiger partial charge in [0.1, 0.15) is 6.10 Å². The van der Waals surface area contributed by atoms with Crippen molar-refractivity contribution in [2.75, 3.05) is 50.1 Å². The van der Waals surface area contributed by atoms with Gasteiger partial charge < -0.3 is 14.9 Å².